The molecule has 6 heteroatoms. The maximum atomic E-state index is 13.8. The van der Waals surface area contributed by atoms with Gasteiger partial charge in [0.05, 0.1) is 11.4 Å². The number of benzene rings is 5. The van der Waals surface area contributed by atoms with Crippen LogP contribution >= 0.6 is 0 Å². The van der Waals surface area contributed by atoms with E-state index in [-0.39, 0.29) is 23.3 Å². The first kappa shape index (κ1) is 25.1. The maximum Gasteiger partial charge on any atom is 0.123 e. The molecule has 2 nitrogen and oxygen atoms in total. The molecular formula is C32H24F4N2. The third-order valence-corrected chi connectivity index (χ3v) is 6.34. The fourth-order valence-corrected chi connectivity index (χ4v) is 4.53. The highest BCUT2D eigenvalue weighted by Crippen LogP contribution is 2.43. The number of hydrogen-bond donors (Lipinski definition) is 0. The van der Waals surface area contributed by atoms with E-state index in [0.29, 0.717) is 22.7 Å². The monoisotopic (exact) mass is 512 g/mol. The van der Waals surface area contributed by atoms with Crippen LogP contribution in [0, 0.1) is 37.1 Å². The van der Waals surface area contributed by atoms with Crippen LogP contribution < -0.4 is 9.80 Å². The predicted octanol–water partition coefficient (Wildman–Crippen LogP) is 9.80. The number of hydrogen-bond acceptors (Lipinski definition) is 2. The molecule has 0 saturated carbocycles. The fourth-order valence-electron chi connectivity index (χ4n) is 4.53. The lowest BCUT2D eigenvalue weighted by Crippen LogP contribution is -2.15. The molecule has 5 aromatic carbocycles. The van der Waals surface area contributed by atoms with Crippen molar-refractivity contribution in [2.75, 3.05) is 9.80 Å². The van der Waals surface area contributed by atoms with E-state index in [4.69, 9.17) is 0 Å². The van der Waals surface area contributed by atoms with Gasteiger partial charge in [-0.2, -0.15) is 0 Å². The molecule has 0 aliphatic rings. The summed E-state index contributed by atoms with van der Waals surface area (Å²) in [6.45, 7) is 3.93. The summed E-state index contributed by atoms with van der Waals surface area (Å²) in [4.78, 5) is 3.84. The van der Waals surface area contributed by atoms with Crippen molar-refractivity contribution in [2.24, 2.45) is 0 Å². The second-order valence-electron chi connectivity index (χ2n) is 9.00. The van der Waals surface area contributed by atoms with E-state index in [1.165, 1.54) is 48.5 Å². The number of anilines is 6. The molecule has 0 radical (unpaired) electrons. The van der Waals surface area contributed by atoms with Crippen LogP contribution in [0.4, 0.5) is 51.7 Å². The van der Waals surface area contributed by atoms with E-state index in [9.17, 15) is 17.6 Å². The Morgan fingerprint density at radius 1 is 0.368 bits per heavy atom. The first-order chi connectivity index (χ1) is 18.3. The van der Waals surface area contributed by atoms with Gasteiger partial charge >= 0.3 is 0 Å². The molecule has 38 heavy (non-hydrogen) atoms. The van der Waals surface area contributed by atoms with Gasteiger partial charge in [0.15, 0.2) is 0 Å². The van der Waals surface area contributed by atoms with Gasteiger partial charge in [0.2, 0.25) is 0 Å². The molecule has 0 saturated heterocycles. The second kappa shape index (κ2) is 10.4. The molecule has 5 aromatic rings. The Labute approximate surface area is 219 Å². The van der Waals surface area contributed by atoms with Gasteiger partial charge in [-0.25, -0.2) is 17.6 Å². The second-order valence-corrected chi connectivity index (χ2v) is 9.00. The zero-order valence-corrected chi connectivity index (χ0v) is 20.8. The molecule has 0 heterocycles. The molecule has 190 valence electrons. The summed E-state index contributed by atoms with van der Waals surface area (Å²) in [5.74, 6) is -1.47. The van der Waals surface area contributed by atoms with Crippen molar-refractivity contribution in [3.05, 3.63) is 144 Å². The van der Waals surface area contributed by atoms with E-state index in [0.717, 1.165) is 22.5 Å². The zero-order chi connectivity index (χ0) is 26.8. The number of aryl methyl sites for hydroxylation is 2. The van der Waals surface area contributed by atoms with Crippen molar-refractivity contribution in [3.63, 3.8) is 0 Å². The SMILES string of the molecule is Cc1cc(C)c(N(c2ccc(F)cc2)c2ccc(F)cc2)cc1N(c1ccc(F)cc1)c1ccc(F)cc1. The zero-order valence-electron chi connectivity index (χ0n) is 20.8. The Hall–Kier alpha value is -4.58. The number of halogens is 4. The van der Waals surface area contributed by atoms with Crippen molar-refractivity contribution in [1.82, 2.24) is 0 Å². The molecule has 0 N–H and O–H groups in total. The van der Waals surface area contributed by atoms with E-state index < -0.39 is 0 Å². The van der Waals surface area contributed by atoms with Gasteiger partial charge in [0.25, 0.3) is 0 Å². The van der Waals surface area contributed by atoms with Crippen LogP contribution in [0.5, 0.6) is 0 Å². The van der Waals surface area contributed by atoms with Gasteiger partial charge in [-0.3, -0.25) is 0 Å². The Morgan fingerprint density at radius 3 is 0.842 bits per heavy atom. The Balaban J connectivity index is 1.73. The van der Waals surface area contributed by atoms with Crippen LogP contribution in [-0.2, 0) is 0 Å². The van der Waals surface area contributed by atoms with E-state index in [2.05, 4.69) is 0 Å². The van der Waals surface area contributed by atoms with Crippen LogP contribution in [0.15, 0.2) is 109 Å². The van der Waals surface area contributed by atoms with E-state index in [1.807, 2.05) is 35.8 Å². The predicted molar refractivity (Wildman–Crippen MR) is 145 cm³/mol. The van der Waals surface area contributed by atoms with Crippen molar-refractivity contribution < 1.29 is 17.6 Å². The lowest BCUT2D eigenvalue weighted by Gasteiger charge is -2.31. The average Bonchev–Trinajstić information content (AvgIpc) is 2.91. The standard InChI is InChI=1S/C32H24F4N2/c1-21-19-22(2)32(38(29-15-7-25(35)8-16-29)30-17-9-26(36)10-18-30)20-31(21)37(27-11-3-23(33)4-12-27)28-13-5-24(34)6-14-28/h3-20H,1-2H3. The Bertz CT molecular complexity index is 1340. The van der Waals surface area contributed by atoms with Crippen LogP contribution in [0.2, 0.25) is 0 Å². The van der Waals surface area contributed by atoms with E-state index >= 15 is 0 Å². The summed E-state index contributed by atoms with van der Waals surface area (Å²) < 4.78 is 55.3. The summed E-state index contributed by atoms with van der Waals surface area (Å²) in [6, 6.07) is 28.3. The smallest absolute Gasteiger partial charge is 0.123 e. The molecule has 0 amide bonds. The first-order valence-corrected chi connectivity index (χ1v) is 12.0. The summed E-state index contributed by atoms with van der Waals surface area (Å²) in [7, 11) is 0. The highest BCUT2D eigenvalue weighted by atomic mass is 19.1. The summed E-state index contributed by atoms with van der Waals surface area (Å²) in [6.07, 6.45) is 0. The van der Waals surface area contributed by atoms with Crippen LogP contribution in [0.25, 0.3) is 0 Å². The van der Waals surface area contributed by atoms with Gasteiger partial charge in [-0.15, -0.1) is 0 Å². The third-order valence-electron chi connectivity index (χ3n) is 6.34. The highest BCUT2D eigenvalue weighted by molar-refractivity contribution is 5.85. The van der Waals surface area contributed by atoms with Crippen LogP contribution in [0.1, 0.15) is 11.1 Å². The minimum atomic E-state index is -0.368. The minimum Gasteiger partial charge on any atom is -0.310 e. The molecule has 0 aromatic heterocycles. The van der Waals surface area contributed by atoms with Crippen LogP contribution in [0.3, 0.4) is 0 Å². The molecule has 0 aliphatic carbocycles. The van der Waals surface area contributed by atoms with Gasteiger partial charge in [-0.1, -0.05) is 6.07 Å². The molecule has 0 aliphatic heterocycles. The average molecular weight is 513 g/mol. The van der Waals surface area contributed by atoms with Crippen molar-refractivity contribution in [3.8, 4) is 0 Å². The maximum absolute atomic E-state index is 13.8. The topological polar surface area (TPSA) is 6.48 Å². The van der Waals surface area contributed by atoms with Crippen LogP contribution in [-0.4, -0.2) is 0 Å². The summed E-state index contributed by atoms with van der Waals surface area (Å²) in [5.41, 5.74) is 6.15. The lowest BCUT2D eigenvalue weighted by atomic mass is 10.0. The quantitative estimate of drug-likeness (QED) is 0.209. The lowest BCUT2D eigenvalue weighted by molar-refractivity contribution is 0.627. The third kappa shape index (κ3) is 5.11. The molecule has 0 bridgehead atoms. The molecular weight excluding hydrogens is 488 g/mol. The fraction of sp³-hybridized carbons (Fsp3) is 0.0625. The molecule has 0 atom stereocenters. The Morgan fingerprint density at radius 2 is 0.605 bits per heavy atom. The normalized spacial score (nSPS) is 10.9. The molecule has 5 rings (SSSR count). The van der Waals surface area contributed by atoms with Gasteiger partial charge in [0, 0.05) is 22.7 Å². The minimum absolute atomic E-state index is 0.368. The summed E-state index contributed by atoms with van der Waals surface area (Å²) >= 11 is 0. The molecule has 0 fully saturated rings. The summed E-state index contributed by atoms with van der Waals surface area (Å²) in [5, 5.41) is 0. The Kier molecular flexibility index (Phi) is 6.88. The van der Waals surface area contributed by atoms with Gasteiger partial charge in [0.1, 0.15) is 23.3 Å². The highest BCUT2D eigenvalue weighted by Gasteiger charge is 2.21. The van der Waals surface area contributed by atoms with Gasteiger partial charge in [-0.05, 0) is 128 Å². The largest absolute Gasteiger partial charge is 0.310 e. The molecule has 0 spiro atoms. The number of nitrogens with zero attached hydrogens (tertiary/aromatic N) is 2. The van der Waals surface area contributed by atoms with Crippen molar-refractivity contribution in [1.29, 1.82) is 0 Å². The van der Waals surface area contributed by atoms with E-state index in [1.54, 1.807) is 48.5 Å². The van der Waals surface area contributed by atoms with Gasteiger partial charge < -0.3 is 9.80 Å². The molecule has 0 unspecified atom stereocenters. The van der Waals surface area contributed by atoms with Crippen molar-refractivity contribution in [2.45, 2.75) is 13.8 Å². The number of rotatable bonds is 6. The first-order valence-electron chi connectivity index (χ1n) is 12.0. The van der Waals surface area contributed by atoms with Crippen molar-refractivity contribution >= 4 is 34.1 Å².